The Hall–Kier alpha value is -4.66. The molecule has 0 atom stereocenters. The fourth-order valence-corrected chi connectivity index (χ4v) is 4.74. The van der Waals surface area contributed by atoms with Crippen molar-refractivity contribution in [1.29, 1.82) is 0 Å². The number of piperidine rings is 1. The lowest BCUT2D eigenvalue weighted by Gasteiger charge is -2.28. The van der Waals surface area contributed by atoms with Gasteiger partial charge in [-0.3, -0.25) is 19.7 Å². The molecule has 37 heavy (non-hydrogen) atoms. The van der Waals surface area contributed by atoms with Crippen LogP contribution in [0.4, 0.5) is 11.4 Å². The van der Waals surface area contributed by atoms with Gasteiger partial charge in [0.05, 0.1) is 16.1 Å². The standard InChI is InChI=1S/C28H26N4O5/c33-26-21-11-9-20(28(35)29-17-18-7-3-1-4-8-18)15-22(21)30-25(27(26)34)19-10-12-23(24(16-19)32(36)37)31-13-5-2-6-14-31/h1,3-4,7-12,15-16,34H,2,5-6,13-14,17H2,(H,29,35)(H,30,33). The lowest BCUT2D eigenvalue weighted by molar-refractivity contribution is -0.384. The van der Waals surface area contributed by atoms with Crippen LogP contribution in [-0.2, 0) is 6.54 Å². The molecular weight excluding hydrogens is 472 g/mol. The summed E-state index contributed by atoms with van der Waals surface area (Å²) in [5.41, 5.74) is 1.81. The number of nitrogens with one attached hydrogen (secondary N) is 2. The van der Waals surface area contributed by atoms with Gasteiger partial charge in [0.15, 0.2) is 5.75 Å². The summed E-state index contributed by atoms with van der Waals surface area (Å²) in [7, 11) is 0. The van der Waals surface area contributed by atoms with Gasteiger partial charge < -0.3 is 20.3 Å². The zero-order valence-corrected chi connectivity index (χ0v) is 20.1. The van der Waals surface area contributed by atoms with Gasteiger partial charge in [0.25, 0.3) is 11.6 Å². The van der Waals surface area contributed by atoms with E-state index in [-0.39, 0.29) is 22.7 Å². The molecule has 1 fully saturated rings. The Morgan fingerprint density at radius 1 is 1.03 bits per heavy atom. The van der Waals surface area contributed by atoms with Gasteiger partial charge in [-0.15, -0.1) is 0 Å². The molecule has 0 radical (unpaired) electrons. The highest BCUT2D eigenvalue weighted by Crippen LogP contribution is 2.36. The van der Waals surface area contributed by atoms with Crippen LogP contribution in [0.15, 0.2) is 71.5 Å². The van der Waals surface area contributed by atoms with Crippen LogP contribution in [0.5, 0.6) is 5.75 Å². The van der Waals surface area contributed by atoms with Crippen LogP contribution in [0.25, 0.3) is 22.2 Å². The second-order valence-corrected chi connectivity index (χ2v) is 9.11. The van der Waals surface area contributed by atoms with Crippen molar-refractivity contribution >= 4 is 28.2 Å². The number of hydrogen-bond donors (Lipinski definition) is 3. The van der Waals surface area contributed by atoms with E-state index in [1.54, 1.807) is 12.1 Å². The van der Waals surface area contributed by atoms with Crippen molar-refractivity contribution in [2.45, 2.75) is 25.8 Å². The average molecular weight is 499 g/mol. The Morgan fingerprint density at radius 3 is 2.51 bits per heavy atom. The Labute approximate surface area is 212 Å². The number of aromatic nitrogens is 1. The maximum Gasteiger partial charge on any atom is 0.293 e. The third-order valence-electron chi connectivity index (χ3n) is 6.69. The Morgan fingerprint density at radius 2 is 1.78 bits per heavy atom. The molecular formula is C28H26N4O5. The van der Waals surface area contributed by atoms with Gasteiger partial charge in [0.2, 0.25) is 5.43 Å². The van der Waals surface area contributed by atoms with E-state index in [9.17, 15) is 24.8 Å². The number of anilines is 1. The monoisotopic (exact) mass is 498 g/mol. The summed E-state index contributed by atoms with van der Waals surface area (Å²) in [6.07, 6.45) is 3.04. The summed E-state index contributed by atoms with van der Waals surface area (Å²) >= 11 is 0. The fraction of sp³-hybridized carbons (Fsp3) is 0.214. The van der Waals surface area contributed by atoms with Gasteiger partial charge in [-0.05, 0) is 49.1 Å². The first-order chi connectivity index (χ1) is 17.9. The molecule has 1 amide bonds. The second-order valence-electron chi connectivity index (χ2n) is 9.11. The Bertz CT molecular complexity index is 1540. The van der Waals surface area contributed by atoms with Crippen LogP contribution in [0, 0.1) is 10.1 Å². The van der Waals surface area contributed by atoms with Crippen LogP contribution >= 0.6 is 0 Å². The maximum absolute atomic E-state index is 12.9. The zero-order chi connectivity index (χ0) is 25.9. The molecule has 1 aromatic heterocycles. The largest absolute Gasteiger partial charge is 0.503 e. The molecule has 3 N–H and O–H groups in total. The topological polar surface area (TPSA) is 129 Å². The number of rotatable bonds is 6. The van der Waals surface area contributed by atoms with E-state index in [1.807, 2.05) is 35.2 Å². The average Bonchev–Trinajstić information content (AvgIpc) is 2.94. The quantitative estimate of drug-likeness (QED) is 0.260. The molecule has 1 aliphatic rings. The van der Waals surface area contributed by atoms with E-state index in [1.165, 1.54) is 24.3 Å². The molecule has 0 saturated carbocycles. The van der Waals surface area contributed by atoms with Crippen molar-refractivity contribution in [1.82, 2.24) is 10.3 Å². The van der Waals surface area contributed by atoms with E-state index in [0.29, 0.717) is 28.9 Å². The van der Waals surface area contributed by atoms with Crippen LogP contribution in [0.3, 0.4) is 0 Å². The van der Waals surface area contributed by atoms with E-state index in [2.05, 4.69) is 10.3 Å². The number of aromatic amines is 1. The van der Waals surface area contributed by atoms with Gasteiger partial charge in [0, 0.05) is 42.2 Å². The predicted octanol–water partition coefficient (Wildman–Crippen LogP) is 4.73. The Kier molecular flexibility index (Phi) is 6.59. The van der Waals surface area contributed by atoms with Gasteiger partial charge in [-0.1, -0.05) is 36.4 Å². The lowest BCUT2D eigenvalue weighted by atomic mass is 10.0. The van der Waals surface area contributed by atoms with E-state index in [0.717, 1.165) is 37.9 Å². The molecule has 1 saturated heterocycles. The number of nitro benzene ring substituents is 1. The Balaban J connectivity index is 1.50. The minimum absolute atomic E-state index is 0.0626. The van der Waals surface area contributed by atoms with Crippen molar-refractivity contribution in [2.75, 3.05) is 18.0 Å². The summed E-state index contributed by atoms with van der Waals surface area (Å²) in [6, 6.07) is 18.7. The molecule has 2 heterocycles. The lowest BCUT2D eigenvalue weighted by Crippen LogP contribution is -2.29. The van der Waals surface area contributed by atoms with Crippen LogP contribution in [0.1, 0.15) is 35.2 Å². The van der Waals surface area contributed by atoms with Crippen LogP contribution in [-0.4, -0.2) is 34.0 Å². The molecule has 9 heteroatoms. The molecule has 0 unspecified atom stereocenters. The zero-order valence-electron chi connectivity index (χ0n) is 20.1. The van der Waals surface area contributed by atoms with Gasteiger partial charge in [-0.2, -0.15) is 0 Å². The number of carbonyl (C=O) groups excluding carboxylic acids is 1. The third-order valence-corrected chi connectivity index (χ3v) is 6.69. The number of H-pyrrole nitrogens is 1. The first-order valence-electron chi connectivity index (χ1n) is 12.2. The highest BCUT2D eigenvalue weighted by Gasteiger charge is 2.23. The normalized spacial score (nSPS) is 13.5. The van der Waals surface area contributed by atoms with E-state index >= 15 is 0 Å². The van der Waals surface area contributed by atoms with Crippen LogP contribution in [0.2, 0.25) is 0 Å². The van der Waals surface area contributed by atoms with Crippen LogP contribution < -0.4 is 15.6 Å². The molecule has 0 bridgehead atoms. The number of nitrogens with zero attached hydrogens (tertiary/aromatic N) is 2. The number of aromatic hydroxyl groups is 1. The van der Waals surface area contributed by atoms with Crippen molar-refractivity contribution < 1.29 is 14.8 Å². The molecule has 5 rings (SSSR count). The number of nitro groups is 1. The highest BCUT2D eigenvalue weighted by molar-refractivity contribution is 5.98. The van der Waals surface area contributed by atoms with E-state index < -0.39 is 16.1 Å². The number of pyridine rings is 1. The first-order valence-corrected chi connectivity index (χ1v) is 12.2. The first kappa shape index (κ1) is 24.1. The minimum Gasteiger partial charge on any atom is -0.503 e. The van der Waals surface area contributed by atoms with Crippen molar-refractivity contribution in [3.63, 3.8) is 0 Å². The van der Waals surface area contributed by atoms with Gasteiger partial charge >= 0.3 is 0 Å². The van der Waals surface area contributed by atoms with Crippen molar-refractivity contribution in [3.8, 4) is 17.0 Å². The number of fused-ring (bicyclic) bond motifs is 1. The summed E-state index contributed by atoms with van der Waals surface area (Å²) in [5, 5.41) is 25.6. The van der Waals surface area contributed by atoms with Gasteiger partial charge in [-0.25, -0.2) is 0 Å². The number of carbonyl (C=O) groups is 1. The SMILES string of the molecule is O=C(NCc1ccccc1)c1ccc2c(=O)c(O)c(-c3ccc(N4CCCCC4)c([N+](=O)[O-])c3)[nH]c2c1. The molecule has 0 aliphatic carbocycles. The summed E-state index contributed by atoms with van der Waals surface area (Å²) in [5.74, 6) is -0.850. The van der Waals surface area contributed by atoms with Crippen molar-refractivity contribution in [3.05, 3.63) is 98.2 Å². The van der Waals surface area contributed by atoms with Crippen molar-refractivity contribution in [2.24, 2.45) is 0 Å². The summed E-state index contributed by atoms with van der Waals surface area (Å²) in [4.78, 5) is 42.1. The second kappa shape index (κ2) is 10.1. The molecule has 4 aromatic rings. The smallest absolute Gasteiger partial charge is 0.293 e. The highest BCUT2D eigenvalue weighted by atomic mass is 16.6. The fourth-order valence-electron chi connectivity index (χ4n) is 4.74. The van der Waals surface area contributed by atoms with Gasteiger partial charge in [0.1, 0.15) is 5.69 Å². The molecule has 0 spiro atoms. The number of hydrogen-bond acceptors (Lipinski definition) is 6. The third kappa shape index (κ3) is 4.88. The maximum atomic E-state index is 12.9. The molecule has 188 valence electrons. The molecule has 3 aromatic carbocycles. The molecule has 9 nitrogen and oxygen atoms in total. The minimum atomic E-state index is -0.622. The number of amides is 1. The molecule has 1 aliphatic heterocycles. The predicted molar refractivity (Wildman–Crippen MR) is 142 cm³/mol. The summed E-state index contributed by atoms with van der Waals surface area (Å²) in [6.45, 7) is 1.84. The summed E-state index contributed by atoms with van der Waals surface area (Å²) < 4.78 is 0. The number of benzene rings is 3. The van der Waals surface area contributed by atoms with E-state index in [4.69, 9.17) is 0 Å².